The van der Waals surface area contributed by atoms with E-state index in [1.807, 2.05) is 48.5 Å². The minimum absolute atomic E-state index is 0.115. The highest BCUT2D eigenvalue weighted by molar-refractivity contribution is 5.70. The molecule has 32 heavy (non-hydrogen) atoms. The number of nitrogens with one attached hydrogen (secondary N) is 1. The van der Waals surface area contributed by atoms with Gasteiger partial charge in [0.1, 0.15) is 11.5 Å². The van der Waals surface area contributed by atoms with E-state index in [-0.39, 0.29) is 12.0 Å². The van der Waals surface area contributed by atoms with Crippen molar-refractivity contribution in [1.82, 2.24) is 0 Å². The normalized spacial score (nSPS) is 20.6. The Balaban J connectivity index is 1.46. The molecule has 3 aromatic carbocycles. The summed E-state index contributed by atoms with van der Waals surface area (Å²) in [5.74, 6) is 2.96. The second kappa shape index (κ2) is 8.42. The summed E-state index contributed by atoms with van der Waals surface area (Å²) < 4.78 is 16.8. The zero-order chi connectivity index (χ0) is 22.1. The predicted octanol–water partition coefficient (Wildman–Crippen LogP) is 6.24. The molecule has 5 heteroatoms. The van der Waals surface area contributed by atoms with Crippen LogP contribution in [0.1, 0.15) is 36.4 Å². The van der Waals surface area contributed by atoms with E-state index in [1.165, 1.54) is 12.5 Å². The number of methoxy groups -OCH3 is 1. The van der Waals surface area contributed by atoms with Crippen molar-refractivity contribution in [2.75, 3.05) is 12.4 Å². The Morgan fingerprint density at radius 2 is 1.81 bits per heavy atom. The Morgan fingerprint density at radius 1 is 0.969 bits per heavy atom. The fraction of sp³-hybridized carbons (Fsp3) is 0.222. The zero-order valence-corrected chi connectivity index (χ0v) is 18.1. The van der Waals surface area contributed by atoms with Gasteiger partial charge in [-0.15, -0.1) is 0 Å². The number of hydrogen-bond donors (Lipinski definition) is 1. The van der Waals surface area contributed by atoms with E-state index in [1.54, 1.807) is 13.2 Å². The van der Waals surface area contributed by atoms with Crippen molar-refractivity contribution >= 4 is 11.7 Å². The van der Waals surface area contributed by atoms with E-state index in [9.17, 15) is 4.79 Å². The molecule has 5 rings (SSSR count). The number of carbonyl (C=O) groups excluding carboxylic acids is 1. The van der Waals surface area contributed by atoms with Gasteiger partial charge in [-0.3, -0.25) is 4.79 Å². The van der Waals surface area contributed by atoms with Crippen molar-refractivity contribution in [3.05, 3.63) is 90.0 Å². The van der Waals surface area contributed by atoms with Crippen LogP contribution in [0.25, 0.3) is 0 Å². The van der Waals surface area contributed by atoms with Crippen LogP contribution in [-0.4, -0.2) is 13.1 Å². The summed E-state index contributed by atoms with van der Waals surface area (Å²) in [4.78, 5) is 11.4. The summed E-state index contributed by atoms with van der Waals surface area (Å²) in [5, 5.41) is 3.73. The Bertz CT molecular complexity index is 1170. The third kappa shape index (κ3) is 3.82. The number of ether oxygens (including phenoxy) is 3. The monoisotopic (exact) mass is 427 g/mol. The van der Waals surface area contributed by atoms with Crippen LogP contribution in [0.5, 0.6) is 23.0 Å². The molecule has 0 spiro atoms. The molecular weight excluding hydrogens is 402 g/mol. The summed E-state index contributed by atoms with van der Waals surface area (Å²) in [6.07, 6.45) is 5.54. The average Bonchev–Trinajstić information content (AvgIpc) is 3.30. The third-order valence-electron chi connectivity index (χ3n) is 6.11. The van der Waals surface area contributed by atoms with E-state index < -0.39 is 0 Å². The van der Waals surface area contributed by atoms with Gasteiger partial charge in [-0.2, -0.15) is 0 Å². The Hall–Kier alpha value is -3.73. The molecule has 2 aliphatic rings. The van der Waals surface area contributed by atoms with E-state index in [2.05, 4.69) is 29.6 Å². The van der Waals surface area contributed by atoms with E-state index in [0.29, 0.717) is 23.3 Å². The average molecular weight is 428 g/mol. The van der Waals surface area contributed by atoms with Crippen LogP contribution in [-0.2, 0) is 4.79 Å². The Labute approximate surface area is 187 Å². The number of allylic oxidation sites excluding steroid dienone is 2. The van der Waals surface area contributed by atoms with Crippen molar-refractivity contribution < 1.29 is 19.0 Å². The highest BCUT2D eigenvalue weighted by atomic mass is 16.6. The maximum Gasteiger partial charge on any atom is 0.308 e. The summed E-state index contributed by atoms with van der Waals surface area (Å²) in [5.41, 5.74) is 3.45. The number of rotatable bonds is 5. The maximum absolute atomic E-state index is 11.4. The van der Waals surface area contributed by atoms with Gasteiger partial charge in [0.2, 0.25) is 0 Å². The fourth-order valence-electron chi connectivity index (χ4n) is 4.71. The number of para-hydroxylation sites is 1. The van der Waals surface area contributed by atoms with Gasteiger partial charge in [-0.25, -0.2) is 0 Å². The minimum atomic E-state index is -0.366. The van der Waals surface area contributed by atoms with Crippen LogP contribution in [0.15, 0.2) is 78.9 Å². The zero-order valence-electron chi connectivity index (χ0n) is 18.1. The molecule has 3 aromatic rings. The molecule has 3 atom stereocenters. The van der Waals surface area contributed by atoms with E-state index in [0.717, 1.165) is 29.2 Å². The lowest BCUT2D eigenvalue weighted by atomic mass is 9.77. The summed E-state index contributed by atoms with van der Waals surface area (Å²) in [7, 11) is 1.59. The van der Waals surface area contributed by atoms with Crippen molar-refractivity contribution in [2.24, 2.45) is 5.92 Å². The lowest BCUT2D eigenvalue weighted by Crippen LogP contribution is -2.29. The number of anilines is 1. The number of carbonyl (C=O) groups is 1. The Morgan fingerprint density at radius 3 is 2.59 bits per heavy atom. The van der Waals surface area contributed by atoms with Crippen LogP contribution in [0.4, 0.5) is 5.69 Å². The molecule has 0 saturated heterocycles. The highest BCUT2D eigenvalue weighted by Crippen LogP contribution is 2.51. The molecule has 0 bridgehead atoms. The first kappa shape index (κ1) is 20.2. The summed E-state index contributed by atoms with van der Waals surface area (Å²) in [6, 6.07) is 22.0. The SMILES string of the molecule is COc1cc(C2Nc3ccc(Oc4ccccc4)cc3C3C=CCC32)ccc1OC(C)=O. The molecule has 0 radical (unpaired) electrons. The van der Waals surface area contributed by atoms with Crippen LogP contribution in [0.3, 0.4) is 0 Å². The number of esters is 1. The second-order valence-electron chi connectivity index (χ2n) is 8.14. The van der Waals surface area contributed by atoms with Crippen molar-refractivity contribution in [1.29, 1.82) is 0 Å². The first-order valence-corrected chi connectivity index (χ1v) is 10.8. The minimum Gasteiger partial charge on any atom is -0.493 e. The molecule has 0 fully saturated rings. The molecule has 162 valence electrons. The molecule has 1 heterocycles. The molecule has 3 unspecified atom stereocenters. The lowest BCUT2D eigenvalue weighted by Gasteiger charge is -2.37. The van der Waals surface area contributed by atoms with Gasteiger partial charge in [0.05, 0.1) is 13.2 Å². The van der Waals surface area contributed by atoms with Gasteiger partial charge in [0.15, 0.2) is 11.5 Å². The molecule has 0 saturated carbocycles. The van der Waals surface area contributed by atoms with Gasteiger partial charge in [0.25, 0.3) is 0 Å². The third-order valence-corrected chi connectivity index (χ3v) is 6.11. The second-order valence-corrected chi connectivity index (χ2v) is 8.14. The summed E-state index contributed by atoms with van der Waals surface area (Å²) >= 11 is 0. The van der Waals surface area contributed by atoms with Gasteiger partial charge in [-0.1, -0.05) is 36.4 Å². The lowest BCUT2D eigenvalue weighted by molar-refractivity contribution is -0.132. The van der Waals surface area contributed by atoms with Crippen LogP contribution < -0.4 is 19.5 Å². The number of benzene rings is 3. The van der Waals surface area contributed by atoms with Gasteiger partial charge in [0, 0.05) is 18.5 Å². The van der Waals surface area contributed by atoms with Gasteiger partial charge >= 0.3 is 5.97 Å². The Kier molecular flexibility index (Phi) is 5.31. The maximum atomic E-state index is 11.4. The molecule has 0 amide bonds. The van der Waals surface area contributed by atoms with E-state index >= 15 is 0 Å². The quantitative estimate of drug-likeness (QED) is 0.297. The number of hydrogen-bond acceptors (Lipinski definition) is 5. The van der Waals surface area contributed by atoms with Crippen LogP contribution >= 0.6 is 0 Å². The number of fused-ring (bicyclic) bond motifs is 3. The van der Waals surface area contributed by atoms with E-state index in [4.69, 9.17) is 14.2 Å². The molecule has 5 nitrogen and oxygen atoms in total. The van der Waals surface area contributed by atoms with Crippen molar-refractivity contribution in [3.8, 4) is 23.0 Å². The smallest absolute Gasteiger partial charge is 0.308 e. The van der Waals surface area contributed by atoms with Crippen molar-refractivity contribution in [3.63, 3.8) is 0 Å². The van der Waals surface area contributed by atoms with Crippen LogP contribution in [0.2, 0.25) is 0 Å². The largest absolute Gasteiger partial charge is 0.493 e. The molecular formula is C27H25NO4. The van der Waals surface area contributed by atoms with Gasteiger partial charge < -0.3 is 19.5 Å². The van der Waals surface area contributed by atoms with Crippen LogP contribution in [0, 0.1) is 5.92 Å². The predicted molar refractivity (Wildman–Crippen MR) is 124 cm³/mol. The first-order valence-electron chi connectivity index (χ1n) is 10.8. The fourth-order valence-corrected chi connectivity index (χ4v) is 4.71. The molecule has 1 aliphatic carbocycles. The molecule has 1 N–H and O–H groups in total. The summed E-state index contributed by atoms with van der Waals surface area (Å²) in [6.45, 7) is 1.39. The van der Waals surface area contributed by atoms with Gasteiger partial charge in [-0.05, 0) is 65.9 Å². The standard InChI is InChI=1S/C27H25NO4/c1-17(29)31-25-14-11-18(15-26(25)30-2)27-22-10-6-9-21(22)23-16-20(12-13-24(23)28-27)32-19-7-4-3-5-8-19/h3-9,11-16,21-22,27-28H,10H2,1-2H3. The molecule has 0 aromatic heterocycles. The van der Waals surface area contributed by atoms with Crippen molar-refractivity contribution in [2.45, 2.75) is 25.3 Å². The molecule has 1 aliphatic heterocycles. The highest BCUT2D eigenvalue weighted by Gasteiger charge is 2.38. The first-order chi connectivity index (χ1) is 15.6. The topological polar surface area (TPSA) is 56.8 Å².